The van der Waals surface area contributed by atoms with Gasteiger partial charge in [-0.15, -0.1) is 0 Å². The first-order valence-electron chi connectivity index (χ1n) is 9.21. The van der Waals surface area contributed by atoms with E-state index in [4.69, 9.17) is 4.74 Å². The van der Waals surface area contributed by atoms with Crippen LogP contribution in [0.15, 0.2) is 91.0 Å². The molecule has 148 valence electrons. The zero-order chi connectivity index (χ0) is 20.5. The van der Waals surface area contributed by atoms with Crippen LogP contribution < -0.4 is 10.2 Å². The van der Waals surface area contributed by atoms with Crippen molar-refractivity contribution in [3.63, 3.8) is 0 Å². The highest BCUT2D eigenvalue weighted by molar-refractivity contribution is 5.81. The van der Waals surface area contributed by atoms with Gasteiger partial charge in [-0.3, -0.25) is 0 Å². The largest absolute Gasteiger partial charge is 0.480 e. The van der Waals surface area contributed by atoms with Crippen molar-refractivity contribution >= 4 is 23.4 Å². The second kappa shape index (κ2) is 9.94. The highest BCUT2D eigenvalue weighted by Crippen LogP contribution is 2.25. The number of aliphatic carboxylic acids is 1. The van der Waals surface area contributed by atoms with Crippen molar-refractivity contribution in [1.29, 1.82) is 0 Å². The molecule has 3 rings (SSSR count). The van der Waals surface area contributed by atoms with E-state index < -0.39 is 18.1 Å². The number of nitrogens with one attached hydrogen (secondary N) is 1. The molecule has 29 heavy (non-hydrogen) atoms. The molecule has 0 aliphatic heterocycles. The summed E-state index contributed by atoms with van der Waals surface area (Å²) in [5.41, 5.74) is 2.47. The number of alkyl carbamates (subject to hydrolysis) is 1. The monoisotopic (exact) mass is 390 g/mol. The fourth-order valence-electron chi connectivity index (χ4n) is 2.85. The Kier molecular flexibility index (Phi) is 6.84. The summed E-state index contributed by atoms with van der Waals surface area (Å²) in [5, 5.41) is 12.1. The molecule has 0 aliphatic rings. The first-order chi connectivity index (χ1) is 14.1. The number of para-hydroxylation sites is 2. The molecule has 0 fully saturated rings. The number of carbonyl (C=O) groups excluding carboxylic acids is 1. The van der Waals surface area contributed by atoms with E-state index in [1.165, 1.54) is 0 Å². The van der Waals surface area contributed by atoms with E-state index in [0.29, 0.717) is 0 Å². The summed E-state index contributed by atoms with van der Waals surface area (Å²) < 4.78 is 5.17. The molecule has 2 N–H and O–H groups in total. The molecule has 1 amide bonds. The van der Waals surface area contributed by atoms with Gasteiger partial charge in [0.15, 0.2) is 0 Å². The Morgan fingerprint density at radius 3 is 1.79 bits per heavy atom. The lowest BCUT2D eigenvalue weighted by Gasteiger charge is -2.28. The van der Waals surface area contributed by atoms with Crippen LogP contribution >= 0.6 is 0 Å². The summed E-state index contributed by atoms with van der Waals surface area (Å²) in [4.78, 5) is 25.8. The Morgan fingerprint density at radius 2 is 1.31 bits per heavy atom. The number of rotatable bonds is 8. The third kappa shape index (κ3) is 5.84. The van der Waals surface area contributed by atoms with E-state index in [1.54, 1.807) is 0 Å². The van der Waals surface area contributed by atoms with Gasteiger partial charge < -0.3 is 20.1 Å². The Hall–Kier alpha value is -3.80. The number of ether oxygens (including phenoxy) is 1. The second-order valence-corrected chi connectivity index (χ2v) is 6.38. The average Bonchev–Trinajstić information content (AvgIpc) is 2.77. The van der Waals surface area contributed by atoms with E-state index in [0.717, 1.165) is 16.9 Å². The smallest absolute Gasteiger partial charge is 0.408 e. The Morgan fingerprint density at radius 1 is 0.828 bits per heavy atom. The highest BCUT2D eigenvalue weighted by Gasteiger charge is 2.25. The molecule has 1 unspecified atom stereocenters. The van der Waals surface area contributed by atoms with Gasteiger partial charge in [-0.05, 0) is 29.8 Å². The van der Waals surface area contributed by atoms with E-state index in [-0.39, 0.29) is 13.2 Å². The van der Waals surface area contributed by atoms with Gasteiger partial charge in [0.05, 0.1) is 6.54 Å². The van der Waals surface area contributed by atoms with Crippen LogP contribution in [0.25, 0.3) is 0 Å². The molecule has 3 aromatic carbocycles. The van der Waals surface area contributed by atoms with Crippen LogP contribution in [-0.2, 0) is 16.1 Å². The molecule has 0 aromatic heterocycles. The summed E-state index contributed by atoms with van der Waals surface area (Å²) in [6.07, 6.45) is -0.776. The van der Waals surface area contributed by atoms with Crippen LogP contribution in [0.5, 0.6) is 0 Å². The Bertz CT molecular complexity index is 878. The zero-order valence-electron chi connectivity index (χ0n) is 15.8. The fourth-order valence-corrected chi connectivity index (χ4v) is 2.85. The minimum Gasteiger partial charge on any atom is -0.480 e. The molecule has 0 bridgehead atoms. The average molecular weight is 390 g/mol. The number of hydrogen-bond donors (Lipinski definition) is 2. The van der Waals surface area contributed by atoms with Gasteiger partial charge >= 0.3 is 12.1 Å². The SMILES string of the molecule is O=C(NC(CN(c1ccccc1)c1ccccc1)C(=O)O)OCc1ccccc1. The molecule has 0 radical (unpaired) electrons. The molecule has 0 aliphatic carbocycles. The minimum absolute atomic E-state index is 0.0454. The first kappa shape index (κ1) is 19.9. The first-order valence-corrected chi connectivity index (χ1v) is 9.21. The van der Waals surface area contributed by atoms with Gasteiger partial charge in [-0.1, -0.05) is 66.7 Å². The van der Waals surface area contributed by atoms with Gasteiger partial charge in [0.25, 0.3) is 0 Å². The van der Waals surface area contributed by atoms with E-state index in [9.17, 15) is 14.7 Å². The quantitative estimate of drug-likeness (QED) is 0.603. The molecule has 0 saturated heterocycles. The number of amides is 1. The Balaban J connectivity index is 1.71. The van der Waals surface area contributed by atoms with Crippen LogP contribution in [0.4, 0.5) is 16.2 Å². The van der Waals surface area contributed by atoms with E-state index >= 15 is 0 Å². The molecular weight excluding hydrogens is 368 g/mol. The lowest BCUT2D eigenvalue weighted by molar-refractivity contribution is -0.139. The summed E-state index contributed by atoms with van der Waals surface area (Å²) >= 11 is 0. The number of anilines is 2. The molecule has 0 spiro atoms. The number of hydrogen-bond acceptors (Lipinski definition) is 4. The van der Waals surface area contributed by atoms with Crippen LogP contribution in [0.3, 0.4) is 0 Å². The third-order valence-corrected chi connectivity index (χ3v) is 4.30. The molecule has 0 heterocycles. The number of carbonyl (C=O) groups is 2. The van der Waals surface area contributed by atoms with Crippen LogP contribution in [0.2, 0.25) is 0 Å². The summed E-state index contributed by atoms with van der Waals surface area (Å²) in [6, 6.07) is 26.9. The maximum Gasteiger partial charge on any atom is 0.408 e. The van der Waals surface area contributed by atoms with Crippen LogP contribution in [-0.4, -0.2) is 29.8 Å². The topological polar surface area (TPSA) is 78.9 Å². The maximum atomic E-state index is 12.2. The summed E-state index contributed by atoms with van der Waals surface area (Å²) in [7, 11) is 0. The van der Waals surface area contributed by atoms with Crippen molar-refractivity contribution in [2.24, 2.45) is 0 Å². The minimum atomic E-state index is -1.15. The lowest BCUT2D eigenvalue weighted by Crippen LogP contribution is -2.47. The molecule has 6 nitrogen and oxygen atoms in total. The Labute approximate surface area is 169 Å². The van der Waals surface area contributed by atoms with Crippen molar-refractivity contribution in [3.05, 3.63) is 96.6 Å². The van der Waals surface area contributed by atoms with Crippen LogP contribution in [0, 0.1) is 0 Å². The third-order valence-electron chi connectivity index (χ3n) is 4.30. The zero-order valence-corrected chi connectivity index (χ0v) is 15.8. The molecule has 0 saturated carbocycles. The number of carboxylic acid groups (broad SMARTS) is 1. The normalized spacial score (nSPS) is 11.3. The standard InChI is InChI=1S/C23H22N2O4/c26-22(27)21(24-23(28)29-17-18-10-4-1-5-11-18)16-25(19-12-6-2-7-13-19)20-14-8-3-9-15-20/h1-15,21H,16-17H2,(H,24,28)(H,26,27). The van der Waals surface area contributed by atoms with Crippen molar-refractivity contribution in [2.75, 3.05) is 11.4 Å². The van der Waals surface area contributed by atoms with Crippen LogP contribution in [0.1, 0.15) is 5.56 Å². The fraction of sp³-hybridized carbons (Fsp3) is 0.130. The predicted octanol–water partition coefficient (Wildman–Crippen LogP) is 4.20. The second-order valence-electron chi connectivity index (χ2n) is 6.38. The van der Waals surface area contributed by atoms with Crippen molar-refractivity contribution < 1.29 is 19.4 Å². The maximum absolute atomic E-state index is 12.2. The highest BCUT2D eigenvalue weighted by atomic mass is 16.5. The molecule has 1 atom stereocenters. The van der Waals surface area contributed by atoms with Crippen molar-refractivity contribution in [3.8, 4) is 0 Å². The summed E-state index contributed by atoms with van der Waals surface area (Å²) in [6.45, 7) is 0.115. The van der Waals surface area contributed by atoms with E-state index in [1.807, 2.05) is 95.9 Å². The number of benzene rings is 3. The molecule has 3 aromatic rings. The van der Waals surface area contributed by atoms with Gasteiger partial charge in [0.1, 0.15) is 12.6 Å². The van der Waals surface area contributed by atoms with Crippen molar-refractivity contribution in [1.82, 2.24) is 5.32 Å². The number of nitrogens with zero attached hydrogens (tertiary/aromatic N) is 1. The van der Waals surface area contributed by atoms with Gasteiger partial charge in [-0.25, -0.2) is 9.59 Å². The predicted molar refractivity (Wildman–Crippen MR) is 111 cm³/mol. The lowest BCUT2D eigenvalue weighted by atomic mass is 10.2. The van der Waals surface area contributed by atoms with Gasteiger partial charge in [0, 0.05) is 11.4 Å². The van der Waals surface area contributed by atoms with Gasteiger partial charge in [-0.2, -0.15) is 0 Å². The van der Waals surface area contributed by atoms with Gasteiger partial charge in [0.2, 0.25) is 0 Å². The molecular formula is C23H22N2O4. The molecule has 6 heteroatoms. The van der Waals surface area contributed by atoms with E-state index in [2.05, 4.69) is 5.32 Å². The van der Waals surface area contributed by atoms with Crippen molar-refractivity contribution in [2.45, 2.75) is 12.6 Å². The number of carboxylic acids is 1. The summed E-state index contributed by atoms with van der Waals surface area (Å²) in [5.74, 6) is -1.14.